The van der Waals surface area contributed by atoms with Gasteiger partial charge in [-0.3, -0.25) is 9.89 Å². The van der Waals surface area contributed by atoms with Crippen LogP contribution in [-0.4, -0.2) is 45.9 Å². The molecule has 0 saturated carbocycles. The SMILES string of the molecule is CSCC[C@@H](CO)NC(=O)c1cc(C(C)(C)C)[nH]n1. The van der Waals surface area contributed by atoms with Crippen LogP contribution in [0.5, 0.6) is 0 Å². The smallest absolute Gasteiger partial charge is 0.272 e. The summed E-state index contributed by atoms with van der Waals surface area (Å²) in [4.78, 5) is 12.0. The molecule has 0 unspecified atom stereocenters. The number of nitrogens with zero attached hydrogens (tertiary/aromatic N) is 1. The third-order valence-corrected chi connectivity index (χ3v) is 3.49. The number of H-pyrrole nitrogens is 1. The molecule has 1 rings (SSSR count). The van der Waals surface area contributed by atoms with E-state index < -0.39 is 0 Å². The zero-order valence-corrected chi connectivity index (χ0v) is 12.8. The van der Waals surface area contributed by atoms with Crippen LogP contribution in [0.1, 0.15) is 43.4 Å². The maximum Gasteiger partial charge on any atom is 0.272 e. The topological polar surface area (TPSA) is 78.0 Å². The van der Waals surface area contributed by atoms with E-state index in [1.54, 1.807) is 17.8 Å². The Balaban J connectivity index is 2.64. The van der Waals surface area contributed by atoms with Gasteiger partial charge in [-0.2, -0.15) is 16.9 Å². The van der Waals surface area contributed by atoms with Crippen molar-refractivity contribution >= 4 is 17.7 Å². The molecule has 0 fully saturated rings. The van der Waals surface area contributed by atoms with E-state index in [4.69, 9.17) is 0 Å². The van der Waals surface area contributed by atoms with Crippen LogP contribution >= 0.6 is 11.8 Å². The Labute approximate surface area is 118 Å². The first-order chi connectivity index (χ1) is 8.88. The van der Waals surface area contributed by atoms with Gasteiger partial charge in [-0.25, -0.2) is 0 Å². The lowest BCUT2D eigenvalue weighted by molar-refractivity contribution is 0.0910. The highest BCUT2D eigenvalue weighted by molar-refractivity contribution is 7.98. The van der Waals surface area contributed by atoms with E-state index >= 15 is 0 Å². The highest BCUT2D eigenvalue weighted by Gasteiger charge is 2.20. The lowest BCUT2D eigenvalue weighted by Crippen LogP contribution is -2.38. The molecule has 0 spiro atoms. The van der Waals surface area contributed by atoms with Crippen molar-refractivity contribution in [3.8, 4) is 0 Å². The molecule has 0 bridgehead atoms. The monoisotopic (exact) mass is 285 g/mol. The number of carbonyl (C=O) groups excluding carboxylic acids is 1. The van der Waals surface area contributed by atoms with Gasteiger partial charge in [0.25, 0.3) is 5.91 Å². The molecule has 1 aromatic rings. The second-order valence-corrected chi connectivity index (χ2v) is 6.54. The van der Waals surface area contributed by atoms with Crippen molar-refractivity contribution < 1.29 is 9.90 Å². The van der Waals surface area contributed by atoms with Crippen LogP contribution in [-0.2, 0) is 5.41 Å². The number of carbonyl (C=O) groups is 1. The van der Waals surface area contributed by atoms with Gasteiger partial charge in [0.15, 0.2) is 0 Å². The van der Waals surface area contributed by atoms with Gasteiger partial charge in [0.05, 0.1) is 12.6 Å². The van der Waals surface area contributed by atoms with Crippen LogP contribution in [0.25, 0.3) is 0 Å². The molecule has 1 atom stereocenters. The molecule has 0 aliphatic carbocycles. The minimum Gasteiger partial charge on any atom is -0.394 e. The molecule has 0 aromatic carbocycles. The molecule has 3 N–H and O–H groups in total. The summed E-state index contributed by atoms with van der Waals surface area (Å²) in [7, 11) is 0. The average Bonchev–Trinajstić information content (AvgIpc) is 2.83. The number of aromatic amines is 1. The number of aliphatic hydroxyl groups excluding tert-OH is 1. The lowest BCUT2D eigenvalue weighted by Gasteiger charge is -2.15. The van der Waals surface area contributed by atoms with Crippen molar-refractivity contribution in [2.75, 3.05) is 18.6 Å². The predicted molar refractivity (Wildman–Crippen MR) is 78.6 cm³/mol. The molecule has 6 heteroatoms. The van der Waals surface area contributed by atoms with E-state index in [9.17, 15) is 9.90 Å². The van der Waals surface area contributed by atoms with Crippen molar-refractivity contribution in [1.82, 2.24) is 15.5 Å². The van der Waals surface area contributed by atoms with E-state index in [-0.39, 0.29) is 24.0 Å². The summed E-state index contributed by atoms with van der Waals surface area (Å²) in [6.45, 7) is 6.11. The molecular formula is C13H23N3O2S. The molecule has 19 heavy (non-hydrogen) atoms. The maximum atomic E-state index is 12.0. The van der Waals surface area contributed by atoms with Gasteiger partial charge in [0.1, 0.15) is 5.69 Å². The number of aromatic nitrogens is 2. The molecule has 5 nitrogen and oxygen atoms in total. The molecule has 1 amide bonds. The van der Waals surface area contributed by atoms with E-state index in [0.717, 1.165) is 17.9 Å². The standard InChI is InChI=1S/C13H23N3O2S/c1-13(2,3)11-7-10(15-16-11)12(18)14-9(8-17)5-6-19-4/h7,9,17H,5-6,8H2,1-4H3,(H,14,18)(H,15,16)/t9-/m0/s1. The molecule has 0 saturated heterocycles. The second kappa shape index (κ2) is 6.96. The Bertz CT molecular complexity index is 412. The Morgan fingerprint density at radius 3 is 2.74 bits per heavy atom. The van der Waals surface area contributed by atoms with Crippen LogP contribution in [0.4, 0.5) is 0 Å². The number of amides is 1. The Morgan fingerprint density at radius 2 is 2.26 bits per heavy atom. The first kappa shape index (κ1) is 16.0. The van der Waals surface area contributed by atoms with Crippen molar-refractivity contribution in [2.45, 2.75) is 38.6 Å². The van der Waals surface area contributed by atoms with Gasteiger partial charge in [-0.15, -0.1) is 0 Å². The first-order valence-corrected chi connectivity index (χ1v) is 7.74. The number of nitrogens with one attached hydrogen (secondary N) is 2. The zero-order valence-electron chi connectivity index (χ0n) is 12.0. The summed E-state index contributed by atoms with van der Waals surface area (Å²) in [6, 6.07) is 1.55. The first-order valence-electron chi connectivity index (χ1n) is 6.35. The number of hydrogen-bond donors (Lipinski definition) is 3. The Kier molecular flexibility index (Phi) is 5.87. The normalized spacial score (nSPS) is 13.3. The minimum atomic E-state index is -0.244. The third-order valence-electron chi connectivity index (χ3n) is 2.84. The number of rotatable bonds is 6. The molecular weight excluding hydrogens is 262 g/mol. The van der Waals surface area contributed by atoms with Gasteiger partial charge in [-0.1, -0.05) is 20.8 Å². The van der Waals surface area contributed by atoms with E-state index in [1.165, 1.54) is 0 Å². The highest BCUT2D eigenvalue weighted by Crippen LogP contribution is 2.20. The van der Waals surface area contributed by atoms with Crippen LogP contribution in [0.15, 0.2) is 6.07 Å². The number of thioether (sulfide) groups is 1. The summed E-state index contributed by atoms with van der Waals surface area (Å²) in [5.74, 6) is 0.658. The fourth-order valence-electron chi connectivity index (χ4n) is 1.55. The van der Waals surface area contributed by atoms with Crippen LogP contribution in [0, 0.1) is 0 Å². The predicted octanol–water partition coefficient (Wildman–Crippen LogP) is 1.55. The van der Waals surface area contributed by atoms with Crippen LogP contribution in [0.2, 0.25) is 0 Å². The van der Waals surface area contributed by atoms with Gasteiger partial charge in [-0.05, 0) is 24.5 Å². The third kappa shape index (κ3) is 4.87. The van der Waals surface area contributed by atoms with Gasteiger partial charge < -0.3 is 10.4 Å². The van der Waals surface area contributed by atoms with Crippen molar-refractivity contribution in [2.24, 2.45) is 0 Å². The average molecular weight is 285 g/mol. The molecule has 0 radical (unpaired) electrons. The highest BCUT2D eigenvalue weighted by atomic mass is 32.2. The Morgan fingerprint density at radius 1 is 1.58 bits per heavy atom. The summed E-state index contributed by atoms with van der Waals surface area (Å²) in [5, 5.41) is 18.9. The van der Waals surface area contributed by atoms with E-state index in [0.29, 0.717) is 5.69 Å². The summed E-state index contributed by atoms with van der Waals surface area (Å²) in [5.41, 5.74) is 1.22. The molecule has 0 aliphatic heterocycles. The van der Waals surface area contributed by atoms with E-state index in [2.05, 4.69) is 36.3 Å². The van der Waals surface area contributed by atoms with Crippen molar-refractivity contribution in [1.29, 1.82) is 0 Å². The Hall–Kier alpha value is -1.01. The maximum absolute atomic E-state index is 12.0. The summed E-state index contributed by atoms with van der Waals surface area (Å²) in [6.07, 6.45) is 2.75. The number of aliphatic hydroxyl groups is 1. The molecule has 0 aliphatic rings. The molecule has 1 heterocycles. The molecule has 108 valence electrons. The van der Waals surface area contributed by atoms with Gasteiger partial charge in [0.2, 0.25) is 0 Å². The quantitative estimate of drug-likeness (QED) is 0.741. The van der Waals surface area contributed by atoms with Crippen LogP contribution in [0.3, 0.4) is 0 Å². The van der Waals surface area contributed by atoms with Gasteiger partial charge >= 0.3 is 0 Å². The fourth-order valence-corrected chi connectivity index (χ4v) is 2.07. The van der Waals surface area contributed by atoms with Gasteiger partial charge in [0, 0.05) is 11.1 Å². The zero-order chi connectivity index (χ0) is 14.5. The van der Waals surface area contributed by atoms with Crippen molar-refractivity contribution in [3.63, 3.8) is 0 Å². The summed E-state index contributed by atoms with van der Waals surface area (Å²) < 4.78 is 0. The summed E-state index contributed by atoms with van der Waals surface area (Å²) >= 11 is 1.69. The second-order valence-electron chi connectivity index (χ2n) is 5.55. The van der Waals surface area contributed by atoms with E-state index in [1.807, 2.05) is 6.26 Å². The molecule has 1 aromatic heterocycles. The van der Waals surface area contributed by atoms with Crippen molar-refractivity contribution in [3.05, 3.63) is 17.5 Å². The van der Waals surface area contributed by atoms with Crippen LogP contribution < -0.4 is 5.32 Å². The fraction of sp³-hybridized carbons (Fsp3) is 0.692. The lowest BCUT2D eigenvalue weighted by atomic mass is 9.92. The minimum absolute atomic E-state index is 0.0527. The number of hydrogen-bond acceptors (Lipinski definition) is 4. The largest absolute Gasteiger partial charge is 0.394 e.